The molecule has 1 rings (SSSR count). The van der Waals surface area contributed by atoms with Crippen LogP contribution in [0.1, 0.15) is 18.9 Å². The molecule has 0 N–H and O–H groups in total. The third-order valence-corrected chi connectivity index (χ3v) is 2.72. The van der Waals surface area contributed by atoms with Gasteiger partial charge in [0.1, 0.15) is 0 Å². The Morgan fingerprint density at radius 1 is 1.11 bits per heavy atom. The molecule has 0 fully saturated rings. The summed E-state index contributed by atoms with van der Waals surface area (Å²) in [7, 11) is 2.51. The molecule has 0 saturated carbocycles. The molecule has 0 unspecified atom stereocenters. The average Bonchev–Trinajstić information content (AvgIpc) is 2.46. The largest absolute Gasteiger partial charge is 0.468 e. The lowest BCUT2D eigenvalue weighted by Gasteiger charge is -2.16. The van der Waals surface area contributed by atoms with E-state index < -0.39 is 17.9 Å². The van der Waals surface area contributed by atoms with Crippen molar-refractivity contribution in [2.75, 3.05) is 14.2 Å². The summed E-state index contributed by atoms with van der Waals surface area (Å²) < 4.78 is 9.41. The van der Waals surface area contributed by atoms with E-state index >= 15 is 0 Å². The van der Waals surface area contributed by atoms with E-state index in [0.717, 1.165) is 5.56 Å². The van der Waals surface area contributed by atoms with Crippen molar-refractivity contribution in [2.45, 2.75) is 13.3 Å². The Morgan fingerprint density at radius 3 is 2.05 bits per heavy atom. The summed E-state index contributed by atoms with van der Waals surface area (Å²) in [6, 6.07) is 9.27. The topological polar surface area (TPSA) is 52.6 Å². The Kier molecular flexibility index (Phi) is 5.79. The highest BCUT2D eigenvalue weighted by molar-refractivity contribution is 6.06. The fraction of sp³-hybridized carbons (Fsp3) is 0.333. The van der Waals surface area contributed by atoms with Crippen LogP contribution in [0.5, 0.6) is 0 Å². The molecule has 0 bridgehead atoms. The Labute approximate surface area is 113 Å². The minimum Gasteiger partial charge on any atom is -0.468 e. The minimum absolute atomic E-state index is 0.613. The van der Waals surface area contributed by atoms with Crippen LogP contribution in [0.3, 0.4) is 0 Å². The summed E-state index contributed by atoms with van der Waals surface area (Å²) in [6.07, 6.45) is 2.54. The lowest BCUT2D eigenvalue weighted by atomic mass is 9.91. The number of hydrogen-bond donors (Lipinski definition) is 0. The summed E-state index contributed by atoms with van der Waals surface area (Å²) in [5.74, 6) is -2.27. The van der Waals surface area contributed by atoms with Gasteiger partial charge in [0.25, 0.3) is 0 Å². The third kappa shape index (κ3) is 3.68. The molecule has 102 valence electrons. The van der Waals surface area contributed by atoms with E-state index in [4.69, 9.17) is 9.47 Å². The molecule has 0 aliphatic heterocycles. The van der Waals surface area contributed by atoms with Gasteiger partial charge in [0.2, 0.25) is 0 Å². The van der Waals surface area contributed by atoms with Crippen LogP contribution < -0.4 is 0 Å². The molecule has 0 aliphatic rings. The second-order valence-electron chi connectivity index (χ2n) is 3.91. The number of hydrogen-bond acceptors (Lipinski definition) is 4. The highest BCUT2D eigenvalue weighted by Gasteiger charge is 2.32. The molecule has 0 aromatic heterocycles. The summed E-state index contributed by atoms with van der Waals surface area (Å²) in [5.41, 5.74) is 1.42. The summed E-state index contributed by atoms with van der Waals surface area (Å²) in [4.78, 5) is 23.7. The van der Waals surface area contributed by atoms with Crippen molar-refractivity contribution >= 4 is 17.5 Å². The number of rotatable bonds is 5. The normalized spacial score (nSPS) is 11.3. The maximum absolute atomic E-state index is 11.8. The Bertz CT molecular complexity index is 446. The van der Waals surface area contributed by atoms with Gasteiger partial charge in [0.15, 0.2) is 5.92 Å². The average molecular weight is 262 g/mol. The number of methoxy groups -OCH3 is 2. The fourth-order valence-corrected chi connectivity index (χ4v) is 1.84. The van der Waals surface area contributed by atoms with Crippen molar-refractivity contribution in [3.05, 3.63) is 42.0 Å². The first kappa shape index (κ1) is 15.0. The zero-order chi connectivity index (χ0) is 14.3. The first-order valence-corrected chi connectivity index (χ1v) is 6.06. The van der Waals surface area contributed by atoms with Crippen LogP contribution in [0.15, 0.2) is 36.4 Å². The fourth-order valence-electron chi connectivity index (χ4n) is 1.84. The zero-order valence-corrected chi connectivity index (χ0v) is 11.4. The van der Waals surface area contributed by atoms with Gasteiger partial charge < -0.3 is 9.47 Å². The Hall–Kier alpha value is -2.10. The monoisotopic (exact) mass is 262 g/mol. The molecule has 0 saturated heterocycles. The number of carbonyl (C=O) groups is 2. The third-order valence-electron chi connectivity index (χ3n) is 2.72. The van der Waals surface area contributed by atoms with E-state index in [1.54, 1.807) is 0 Å². The molecular weight excluding hydrogens is 244 g/mol. The standard InChI is InChI=1S/C15H18O4/c1-4-8-12(11-9-6-5-7-10-11)13(14(16)18-2)15(17)19-3/h5-10,13H,4H2,1-3H3/b12-8+. The highest BCUT2D eigenvalue weighted by atomic mass is 16.5. The van der Waals surface area contributed by atoms with E-state index in [1.807, 2.05) is 43.3 Å². The molecule has 0 heterocycles. The van der Waals surface area contributed by atoms with Crippen molar-refractivity contribution < 1.29 is 19.1 Å². The van der Waals surface area contributed by atoms with Gasteiger partial charge in [0, 0.05) is 0 Å². The summed E-state index contributed by atoms with van der Waals surface area (Å²) in [6.45, 7) is 1.94. The van der Waals surface area contributed by atoms with Crippen molar-refractivity contribution in [2.24, 2.45) is 5.92 Å². The van der Waals surface area contributed by atoms with Crippen LogP contribution >= 0.6 is 0 Å². The molecule has 0 aliphatic carbocycles. The quantitative estimate of drug-likeness (QED) is 0.604. The van der Waals surface area contributed by atoms with E-state index in [2.05, 4.69) is 0 Å². The van der Waals surface area contributed by atoms with Gasteiger partial charge in [-0.25, -0.2) is 0 Å². The maximum atomic E-state index is 11.8. The smallest absolute Gasteiger partial charge is 0.324 e. The molecule has 0 atom stereocenters. The lowest BCUT2D eigenvalue weighted by molar-refractivity contribution is -0.155. The Balaban J connectivity index is 3.25. The molecule has 19 heavy (non-hydrogen) atoms. The van der Waals surface area contributed by atoms with Gasteiger partial charge >= 0.3 is 11.9 Å². The SMILES string of the molecule is CC/C=C(\c1ccccc1)C(C(=O)OC)C(=O)OC. The van der Waals surface area contributed by atoms with Crippen LogP contribution in [0, 0.1) is 5.92 Å². The summed E-state index contributed by atoms with van der Waals surface area (Å²) in [5, 5.41) is 0. The van der Waals surface area contributed by atoms with Crippen LogP contribution in [-0.2, 0) is 19.1 Å². The van der Waals surface area contributed by atoms with Crippen LogP contribution in [0.2, 0.25) is 0 Å². The van der Waals surface area contributed by atoms with Gasteiger partial charge in [-0.15, -0.1) is 0 Å². The first-order chi connectivity index (χ1) is 9.15. The molecular formula is C15H18O4. The first-order valence-electron chi connectivity index (χ1n) is 6.06. The number of carbonyl (C=O) groups excluding carboxylic acids is 2. The van der Waals surface area contributed by atoms with Gasteiger partial charge in [-0.05, 0) is 17.6 Å². The van der Waals surface area contributed by atoms with Gasteiger partial charge in [-0.1, -0.05) is 43.3 Å². The van der Waals surface area contributed by atoms with E-state index in [9.17, 15) is 9.59 Å². The van der Waals surface area contributed by atoms with Crippen LogP contribution in [0.4, 0.5) is 0 Å². The number of ether oxygens (including phenoxy) is 2. The molecule has 1 aromatic carbocycles. The molecule has 0 radical (unpaired) electrons. The summed E-state index contributed by atoms with van der Waals surface area (Å²) >= 11 is 0. The Morgan fingerprint density at radius 2 is 1.63 bits per heavy atom. The van der Waals surface area contributed by atoms with E-state index in [0.29, 0.717) is 12.0 Å². The van der Waals surface area contributed by atoms with Crippen molar-refractivity contribution in [1.29, 1.82) is 0 Å². The second kappa shape index (κ2) is 7.36. The number of benzene rings is 1. The molecule has 0 amide bonds. The van der Waals surface area contributed by atoms with Gasteiger partial charge in [-0.2, -0.15) is 0 Å². The maximum Gasteiger partial charge on any atom is 0.324 e. The van der Waals surface area contributed by atoms with Crippen LogP contribution in [0.25, 0.3) is 5.57 Å². The molecule has 1 aromatic rings. The zero-order valence-electron chi connectivity index (χ0n) is 11.4. The van der Waals surface area contributed by atoms with Crippen molar-refractivity contribution in [3.8, 4) is 0 Å². The molecule has 4 nitrogen and oxygen atoms in total. The minimum atomic E-state index is -1.04. The van der Waals surface area contributed by atoms with E-state index in [1.165, 1.54) is 14.2 Å². The van der Waals surface area contributed by atoms with E-state index in [-0.39, 0.29) is 0 Å². The highest BCUT2D eigenvalue weighted by Crippen LogP contribution is 2.26. The second-order valence-corrected chi connectivity index (χ2v) is 3.91. The molecule has 4 heteroatoms. The van der Waals surface area contributed by atoms with Crippen molar-refractivity contribution in [1.82, 2.24) is 0 Å². The predicted octanol–water partition coefficient (Wildman–Crippen LogP) is 2.44. The van der Waals surface area contributed by atoms with Crippen LogP contribution in [-0.4, -0.2) is 26.2 Å². The van der Waals surface area contributed by atoms with Gasteiger partial charge in [0.05, 0.1) is 14.2 Å². The number of allylic oxidation sites excluding steroid dienone is 1. The van der Waals surface area contributed by atoms with Gasteiger partial charge in [-0.3, -0.25) is 9.59 Å². The lowest BCUT2D eigenvalue weighted by Crippen LogP contribution is -2.27. The van der Waals surface area contributed by atoms with Crippen molar-refractivity contribution in [3.63, 3.8) is 0 Å². The predicted molar refractivity (Wildman–Crippen MR) is 72.2 cm³/mol. The number of esters is 2. The molecule has 0 spiro atoms.